The minimum absolute atomic E-state index is 0.531. The third kappa shape index (κ3) is 3.86. The van der Waals surface area contributed by atoms with E-state index in [1.54, 1.807) is 11.6 Å². The van der Waals surface area contributed by atoms with Gasteiger partial charge in [0.25, 0.3) is 0 Å². The van der Waals surface area contributed by atoms with Crippen LogP contribution in [0, 0.1) is 0 Å². The zero-order valence-corrected chi connectivity index (χ0v) is 8.35. The molecule has 0 bridgehead atoms. The van der Waals surface area contributed by atoms with E-state index in [-0.39, 0.29) is 0 Å². The summed E-state index contributed by atoms with van der Waals surface area (Å²) in [6.07, 6.45) is 2.29. The van der Waals surface area contributed by atoms with Gasteiger partial charge in [-0.1, -0.05) is 0 Å². The van der Waals surface area contributed by atoms with Crippen LogP contribution in [0.1, 0.15) is 11.4 Å². The first-order chi connectivity index (χ1) is 7.09. The lowest BCUT2D eigenvalue weighted by molar-refractivity contribution is -0.144. The molecule has 0 spiro atoms. The minimum Gasteiger partial charge on any atom is -0.481 e. The van der Waals surface area contributed by atoms with Crippen LogP contribution in [0.5, 0.6) is 0 Å². The number of carboxylic acids is 2. The van der Waals surface area contributed by atoms with Gasteiger partial charge in [-0.2, -0.15) is 0 Å². The van der Waals surface area contributed by atoms with E-state index in [4.69, 9.17) is 10.2 Å². The number of aliphatic carboxylic acids is 2. The highest BCUT2D eigenvalue weighted by atomic mass is 32.1. The van der Waals surface area contributed by atoms with Crippen LogP contribution in [0.2, 0.25) is 0 Å². The second-order valence-corrected chi connectivity index (χ2v) is 3.53. The fraction of sp³-hybridized carbons (Fsp3) is 0.250. The Morgan fingerprint density at radius 1 is 1.60 bits per heavy atom. The van der Waals surface area contributed by atoms with E-state index < -0.39 is 24.4 Å². The van der Waals surface area contributed by atoms with Crippen LogP contribution in [0.4, 0.5) is 0 Å². The second-order valence-electron chi connectivity index (χ2n) is 2.60. The van der Waals surface area contributed by atoms with Crippen LogP contribution in [-0.4, -0.2) is 39.4 Å². The summed E-state index contributed by atoms with van der Waals surface area (Å²) in [5, 5.41) is 19.4. The highest BCUT2D eigenvalue weighted by Gasteiger charge is 2.18. The van der Waals surface area contributed by atoms with Crippen LogP contribution in [0.25, 0.3) is 0 Å². The molecule has 80 valence electrons. The first-order valence-corrected chi connectivity index (χ1v) is 4.85. The third-order valence-electron chi connectivity index (χ3n) is 1.47. The molecule has 15 heavy (non-hydrogen) atoms. The highest BCUT2D eigenvalue weighted by Crippen LogP contribution is 2.03. The van der Waals surface area contributed by atoms with Gasteiger partial charge in [0.1, 0.15) is 5.01 Å². The average molecular weight is 228 g/mol. The van der Waals surface area contributed by atoms with E-state index in [9.17, 15) is 9.59 Å². The Hall–Kier alpha value is -1.76. The van der Waals surface area contributed by atoms with Gasteiger partial charge in [0.05, 0.1) is 12.6 Å². The fourth-order valence-corrected chi connectivity index (χ4v) is 1.33. The van der Waals surface area contributed by atoms with Crippen molar-refractivity contribution in [3.8, 4) is 0 Å². The summed E-state index contributed by atoms with van der Waals surface area (Å²) in [6, 6.07) is -1.26. The SMILES string of the molecule is O=C(O)CC(N=Cc1nccs1)C(=O)O. The maximum absolute atomic E-state index is 10.6. The number of rotatable bonds is 5. The van der Waals surface area contributed by atoms with Crippen LogP contribution in [-0.2, 0) is 9.59 Å². The number of hydrogen-bond acceptors (Lipinski definition) is 5. The fourth-order valence-electron chi connectivity index (χ4n) is 0.821. The lowest BCUT2D eigenvalue weighted by Crippen LogP contribution is -2.21. The van der Waals surface area contributed by atoms with Crippen molar-refractivity contribution in [1.29, 1.82) is 0 Å². The van der Waals surface area contributed by atoms with E-state index in [1.165, 1.54) is 17.6 Å². The first kappa shape index (κ1) is 11.3. The molecule has 1 unspecified atom stereocenters. The summed E-state index contributed by atoms with van der Waals surface area (Å²) in [4.78, 5) is 28.4. The normalized spacial score (nSPS) is 12.8. The lowest BCUT2D eigenvalue weighted by atomic mass is 10.2. The Morgan fingerprint density at radius 3 is 2.80 bits per heavy atom. The largest absolute Gasteiger partial charge is 0.481 e. The van der Waals surface area contributed by atoms with Crippen LogP contribution in [0.3, 0.4) is 0 Å². The van der Waals surface area contributed by atoms with Crippen molar-refractivity contribution in [1.82, 2.24) is 4.98 Å². The van der Waals surface area contributed by atoms with Gasteiger partial charge in [0.15, 0.2) is 6.04 Å². The minimum atomic E-state index is -1.26. The van der Waals surface area contributed by atoms with Crippen LogP contribution < -0.4 is 0 Å². The number of carbonyl (C=O) groups is 2. The third-order valence-corrected chi connectivity index (χ3v) is 2.18. The zero-order valence-electron chi connectivity index (χ0n) is 7.53. The Kier molecular flexibility index (Phi) is 3.92. The Balaban J connectivity index is 2.66. The number of aromatic nitrogens is 1. The highest BCUT2D eigenvalue weighted by molar-refractivity contribution is 7.11. The molecule has 0 aliphatic rings. The van der Waals surface area contributed by atoms with Gasteiger partial charge in [-0.15, -0.1) is 11.3 Å². The monoisotopic (exact) mass is 228 g/mol. The second kappa shape index (κ2) is 5.20. The molecule has 1 aromatic heterocycles. The van der Waals surface area contributed by atoms with E-state index in [0.717, 1.165) is 0 Å². The molecule has 0 saturated carbocycles. The van der Waals surface area contributed by atoms with Gasteiger partial charge in [0.2, 0.25) is 0 Å². The number of carboxylic acid groups (broad SMARTS) is 2. The molecule has 1 aromatic rings. The summed E-state index contributed by atoms with van der Waals surface area (Å²) in [7, 11) is 0. The van der Waals surface area contributed by atoms with Crippen LogP contribution >= 0.6 is 11.3 Å². The van der Waals surface area contributed by atoms with E-state index in [1.807, 2.05) is 0 Å². The van der Waals surface area contributed by atoms with E-state index in [0.29, 0.717) is 5.01 Å². The van der Waals surface area contributed by atoms with Crippen molar-refractivity contribution in [2.45, 2.75) is 12.5 Å². The summed E-state index contributed by atoms with van der Waals surface area (Å²) in [6.45, 7) is 0. The Bertz CT molecular complexity index is 374. The van der Waals surface area contributed by atoms with Crippen molar-refractivity contribution in [3.63, 3.8) is 0 Å². The molecule has 1 heterocycles. The number of hydrogen-bond donors (Lipinski definition) is 2. The van der Waals surface area contributed by atoms with Crippen molar-refractivity contribution in [2.24, 2.45) is 4.99 Å². The summed E-state index contributed by atoms with van der Waals surface area (Å²) < 4.78 is 0. The number of thiazole rings is 1. The molecule has 0 amide bonds. The topological polar surface area (TPSA) is 99.9 Å². The van der Waals surface area contributed by atoms with Crippen LogP contribution in [0.15, 0.2) is 16.6 Å². The van der Waals surface area contributed by atoms with Gasteiger partial charge in [-0.3, -0.25) is 9.79 Å². The van der Waals surface area contributed by atoms with E-state index in [2.05, 4.69) is 9.98 Å². The molecule has 1 rings (SSSR count). The van der Waals surface area contributed by atoms with Gasteiger partial charge < -0.3 is 10.2 Å². The number of nitrogens with zero attached hydrogens (tertiary/aromatic N) is 2. The molecule has 1 atom stereocenters. The van der Waals surface area contributed by atoms with Crippen molar-refractivity contribution < 1.29 is 19.8 Å². The summed E-state index contributed by atoms with van der Waals surface area (Å²) in [5.74, 6) is -2.45. The first-order valence-electron chi connectivity index (χ1n) is 3.97. The lowest BCUT2D eigenvalue weighted by Gasteiger charge is -2.01. The predicted molar refractivity (Wildman–Crippen MR) is 53.4 cm³/mol. The van der Waals surface area contributed by atoms with Crippen molar-refractivity contribution in [2.75, 3.05) is 0 Å². The molecule has 2 N–H and O–H groups in total. The average Bonchev–Trinajstić information content (AvgIpc) is 2.63. The zero-order chi connectivity index (χ0) is 11.3. The molecule has 0 saturated heterocycles. The molecule has 0 fully saturated rings. The Labute approximate surface area is 88.9 Å². The molecular weight excluding hydrogens is 220 g/mol. The van der Waals surface area contributed by atoms with E-state index >= 15 is 0 Å². The molecule has 0 radical (unpaired) electrons. The molecule has 0 aliphatic carbocycles. The smallest absolute Gasteiger partial charge is 0.329 e. The number of aliphatic imine (C=N–C) groups is 1. The van der Waals surface area contributed by atoms with Gasteiger partial charge >= 0.3 is 11.9 Å². The van der Waals surface area contributed by atoms with Crippen molar-refractivity contribution in [3.05, 3.63) is 16.6 Å². The molecule has 0 aromatic carbocycles. The Morgan fingerprint density at radius 2 is 2.33 bits per heavy atom. The van der Waals surface area contributed by atoms with Gasteiger partial charge in [-0.25, -0.2) is 9.78 Å². The quantitative estimate of drug-likeness (QED) is 0.714. The summed E-state index contributed by atoms with van der Waals surface area (Å²) in [5.41, 5.74) is 0. The maximum Gasteiger partial charge on any atom is 0.329 e. The predicted octanol–water partition coefficient (Wildman–Crippen LogP) is 0.490. The van der Waals surface area contributed by atoms with Crippen molar-refractivity contribution >= 4 is 29.5 Å². The molecule has 0 aliphatic heterocycles. The maximum atomic E-state index is 10.6. The standard InChI is InChI=1S/C8H8N2O4S/c11-7(12)3-5(8(13)14)10-4-6-9-1-2-15-6/h1-2,4-5H,3H2,(H,11,12)(H,13,14). The molecule has 7 heteroatoms. The van der Waals surface area contributed by atoms with Gasteiger partial charge in [0, 0.05) is 11.6 Å². The summed E-state index contributed by atoms with van der Waals surface area (Å²) >= 11 is 1.29. The molecular formula is C8H8N2O4S. The molecule has 6 nitrogen and oxygen atoms in total. The van der Waals surface area contributed by atoms with Gasteiger partial charge in [-0.05, 0) is 0 Å².